The SMILES string of the molecule is Cc1ccc(O)c(C(=O)NNC(=O)c2ccc(F)cc2)c1. The molecule has 2 rings (SSSR count). The van der Waals surface area contributed by atoms with Crippen molar-refractivity contribution in [3.8, 4) is 5.75 Å². The maximum atomic E-state index is 12.7. The second-order valence-corrected chi connectivity index (χ2v) is 4.44. The zero-order valence-corrected chi connectivity index (χ0v) is 11.2. The molecule has 0 heterocycles. The zero-order valence-electron chi connectivity index (χ0n) is 11.2. The number of amides is 2. The van der Waals surface area contributed by atoms with Crippen LogP contribution in [0.25, 0.3) is 0 Å². The summed E-state index contributed by atoms with van der Waals surface area (Å²) in [4.78, 5) is 23.6. The van der Waals surface area contributed by atoms with Gasteiger partial charge in [0.2, 0.25) is 0 Å². The van der Waals surface area contributed by atoms with E-state index in [1.807, 2.05) is 0 Å². The van der Waals surface area contributed by atoms with E-state index in [2.05, 4.69) is 10.9 Å². The topological polar surface area (TPSA) is 78.4 Å². The van der Waals surface area contributed by atoms with E-state index in [4.69, 9.17) is 0 Å². The average molecular weight is 288 g/mol. The first-order valence-corrected chi connectivity index (χ1v) is 6.13. The van der Waals surface area contributed by atoms with Crippen molar-refractivity contribution in [3.63, 3.8) is 0 Å². The van der Waals surface area contributed by atoms with E-state index >= 15 is 0 Å². The number of aromatic hydroxyl groups is 1. The summed E-state index contributed by atoms with van der Waals surface area (Å²) in [5.74, 6) is -1.88. The lowest BCUT2D eigenvalue weighted by atomic mass is 10.1. The second-order valence-electron chi connectivity index (χ2n) is 4.44. The Bertz CT molecular complexity index is 684. The van der Waals surface area contributed by atoms with Crippen LogP contribution in [0, 0.1) is 12.7 Å². The van der Waals surface area contributed by atoms with Gasteiger partial charge in [-0.25, -0.2) is 4.39 Å². The van der Waals surface area contributed by atoms with E-state index in [9.17, 15) is 19.1 Å². The normalized spacial score (nSPS) is 10.0. The Kier molecular flexibility index (Phi) is 4.18. The zero-order chi connectivity index (χ0) is 15.4. The minimum Gasteiger partial charge on any atom is -0.507 e. The van der Waals surface area contributed by atoms with E-state index < -0.39 is 17.6 Å². The van der Waals surface area contributed by atoms with Gasteiger partial charge in [0.05, 0.1) is 5.56 Å². The predicted octanol–water partition coefficient (Wildman–Crippen LogP) is 1.91. The van der Waals surface area contributed by atoms with Crippen molar-refractivity contribution in [3.05, 3.63) is 65.0 Å². The number of phenolic OH excluding ortho intramolecular Hbond substituents is 1. The largest absolute Gasteiger partial charge is 0.507 e. The Morgan fingerprint density at radius 3 is 2.29 bits per heavy atom. The molecule has 108 valence electrons. The molecule has 0 aliphatic carbocycles. The Morgan fingerprint density at radius 2 is 1.62 bits per heavy atom. The molecule has 0 aliphatic heterocycles. The minimum absolute atomic E-state index is 0.0504. The summed E-state index contributed by atoms with van der Waals surface area (Å²) in [5.41, 5.74) is 5.42. The van der Waals surface area contributed by atoms with Crippen LogP contribution in [-0.2, 0) is 0 Å². The monoisotopic (exact) mass is 288 g/mol. The molecule has 0 unspecified atom stereocenters. The fourth-order valence-electron chi connectivity index (χ4n) is 1.69. The molecule has 5 nitrogen and oxygen atoms in total. The Labute approximate surface area is 120 Å². The van der Waals surface area contributed by atoms with Gasteiger partial charge in [-0.2, -0.15) is 0 Å². The van der Waals surface area contributed by atoms with Crippen LogP contribution in [0.5, 0.6) is 5.75 Å². The number of nitrogens with one attached hydrogen (secondary N) is 2. The Balaban J connectivity index is 2.02. The predicted molar refractivity (Wildman–Crippen MR) is 74.2 cm³/mol. The molecular formula is C15H13FN2O3. The van der Waals surface area contributed by atoms with Gasteiger partial charge in [0, 0.05) is 5.56 Å². The highest BCUT2D eigenvalue weighted by Crippen LogP contribution is 2.17. The maximum absolute atomic E-state index is 12.7. The molecule has 6 heteroatoms. The van der Waals surface area contributed by atoms with Crippen molar-refractivity contribution < 1.29 is 19.1 Å². The molecule has 0 saturated heterocycles. The van der Waals surface area contributed by atoms with Crippen LogP contribution in [0.15, 0.2) is 42.5 Å². The van der Waals surface area contributed by atoms with Crippen molar-refractivity contribution in [2.75, 3.05) is 0 Å². The van der Waals surface area contributed by atoms with E-state index in [0.29, 0.717) is 0 Å². The molecule has 0 saturated carbocycles. The van der Waals surface area contributed by atoms with Gasteiger partial charge in [0.15, 0.2) is 0 Å². The van der Waals surface area contributed by atoms with Crippen LogP contribution >= 0.6 is 0 Å². The Morgan fingerprint density at radius 1 is 1.00 bits per heavy atom. The number of carbonyl (C=O) groups is 2. The highest BCUT2D eigenvalue weighted by Gasteiger charge is 2.12. The highest BCUT2D eigenvalue weighted by molar-refractivity contribution is 6.00. The fraction of sp³-hybridized carbons (Fsp3) is 0.0667. The number of carbonyl (C=O) groups excluding carboxylic acids is 2. The standard InChI is InChI=1S/C15H13FN2O3/c1-9-2-7-13(19)12(8-9)15(21)18-17-14(20)10-3-5-11(16)6-4-10/h2-8,19H,1H3,(H,17,20)(H,18,21). The van der Waals surface area contributed by atoms with Crippen LogP contribution in [0.1, 0.15) is 26.3 Å². The number of benzene rings is 2. The molecule has 21 heavy (non-hydrogen) atoms. The number of halogens is 1. The third-order valence-corrected chi connectivity index (χ3v) is 2.79. The van der Waals surface area contributed by atoms with Gasteiger partial charge in [-0.3, -0.25) is 20.4 Å². The number of aryl methyl sites for hydroxylation is 1. The smallest absolute Gasteiger partial charge is 0.273 e. The second kappa shape index (κ2) is 6.04. The summed E-state index contributed by atoms with van der Waals surface area (Å²) in [7, 11) is 0. The van der Waals surface area contributed by atoms with Gasteiger partial charge in [-0.15, -0.1) is 0 Å². The summed E-state index contributed by atoms with van der Waals surface area (Å²) in [5, 5.41) is 9.60. The van der Waals surface area contributed by atoms with Gasteiger partial charge in [-0.05, 0) is 43.3 Å². The van der Waals surface area contributed by atoms with Crippen molar-refractivity contribution in [1.29, 1.82) is 0 Å². The first-order valence-electron chi connectivity index (χ1n) is 6.13. The van der Waals surface area contributed by atoms with Crippen LogP contribution in [-0.4, -0.2) is 16.9 Å². The van der Waals surface area contributed by atoms with Crippen LogP contribution in [0.3, 0.4) is 0 Å². The lowest BCUT2D eigenvalue weighted by Gasteiger charge is -2.09. The van der Waals surface area contributed by atoms with Gasteiger partial charge in [-0.1, -0.05) is 11.6 Å². The molecule has 0 aliphatic rings. The van der Waals surface area contributed by atoms with Gasteiger partial charge in [0.25, 0.3) is 11.8 Å². The van der Waals surface area contributed by atoms with E-state index in [1.54, 1.807) is 13.0 Å². The molecule has 0 radical (unpaired) electrons. The lowest BCUT2D eigenvalue weighted by Crippen LogP contribution is -2.41. The molecule has 0 aromatic heterocycles. The first kappa shape index (κ1) is 14.5. The Hall–Kier alpha value is -2.89. The van der Waals surface area contributed by atoms with Crippen LogP contribution < -0.4 is 10.9 Å². The average Bonchev–Trinajstić information content (AvgIpc) is 2.47. The number of hydrogen-bond donors (Lipinski definition) is 3. The van der Waals surface area contributed by atoms with Crippen molar-refractivity contribution in [2.24, 2.45) is 0 Å². The molecule has 2 amide bonds. The van der Waals surface area contributed by atoms with E-state index in [1.165, 1.54) is 24.3 Å². The summed E-state index contributed by atoms with van der Waals surface area (Å²) in [6, 6.07) is 9.41. The molecule has 3 N–H and O–H groups in total. The van der Waals surface area contributed by atoms with Crippen LogP contribution in [0.4, 0.5) is 4.39 Å². The molecular weight excluding hydrogens is 275 g/mol. The maximum Gasteiger partial charge on any atom is 0.273 e. The van der Waals surface area contributed by atoms with Gasteiger partial charge >= 0.3 is 0 Å². The van der Waals surface area contributed by atoms with Crippen molar-refractivity contribution >= 4 is 11.8 Å². The number of rotatable bonds is 2. The van der Waals surface area contributed by atoms with Crippen LogP contribution in [0.2, 0.25) is 0 Å². The molecule has 0 bridgehead atoms. The molecule has 0 spiro atoms. The number of hydrazine groups is 1. The quantitative estimate of drug-likeness (QED) is 0.739. The van der Waals surface area contributed by atoms with E-state index in [0.717, 1.165) is 17.7 Å². The summed E-state index contributed by atoms with van der Waals surface area (Å²) >= 11 is 0. The van der Waals surface area contributed by atoms with Crippen molar-refractivity contribution in [2.45, 2.75) is 6.92 Å². The molecule has 2 aromatic rings. The fourth-order valence-corrected chi connectivity index (χ4v) is 1.69. The minimum atomic E-state index is -0.647. The highest BCUT2D eigenvalue weighted by atomic mass is 19.1. The molecule has 0 fully saturated rings. The summed E-state index contributed by atoms with van der Waals surface area (Å²) < 4.78 is 12.7. The van der Waals surface area contributed by atoms with Gasteiger partial charge < -0.3 is 5.11 Å². The lowest BCUT2D eigenvalue weighted by molar-refractivity contribution is 0.0845. The third-order valence-electron chi connectivity index (χ3n) is 2.79. The van der Waals surface area contributed by atoms with Crippen molar-refractivity contribution in [1.82, 2.24) is 10.9 Å². The third kappa shape index (κ3) is 3.56. The van der Waals surface area contributed by atoms with Gasteiger partial charge in [0.1, 0.15) is 11.6 Å². The number of phenols is 1. The number of hydrogen-bond acceptors (Lipinski definition) is 3. The summed E-state index contributed by atoms with van der Waals surface area (Å²) in [6.45, 7) is 1.77. The van der Waals surface area contributed by atoms with E-state index in [-0.39, 0.29) is 16.9 Å². The molecule has 2 aromatic carbocycles. The molecule has 0 atom stereocenters. The summed E-state index contributed by atoms with van der Waals surface area (Å²) in [6.07, 6.45) is 0. The first-order chi connectivity index (χ1) is 9.97.